The Balaban J connectivity index is 1.31. The van der Waals surface area contributed by atoms with Crippen LogP contribution in [0.4, 0.5) is 17.3 Å². The van der Waals surface area contributed by atoms with E-state index in [-0.39, 0.29) is 16.2 Å². The average molecular weight is 690 g/mol. The maximum Gasteiger partial charge on any atom is 0.261 e. The van der Waals surface area contributed by atoms with E-state index >= 15 is 0 Å². The molecule has 0 saturated carbocycles. The number of benzene rings is 1. The molecule has 0 radical (unpaired) electrons. The number of ether oxygens (including phenoxy) is 1. The number of aryl methyl sites for hydroxylation is 1. The summed E-state index contributed by atoms with van der Waals surface area (Å²) in [5.74, 6) is 0.374. The number of anilines is 3. The molecule has 2 fully saturated rings. The number of piperidine rings is 1. The molecular formula is C35H47N9O4S. The van der Waals surface area contributed by atoms with Gasteiger partial charge in [0.25, 0.3) is 5.56 Å². The molecule has 5 heterocycles. The maximum absolute atomic E-state index is 14.2. The van der Waals surface area contributed by atoms with Crippen LogP contribution in [-0.4, -0.2) is 123 Å². The number of hydrogen-bond acceptors (Lipinski definition) is 12. The van der Waals surface area contributed by atoms with Crippen LogP contribution in [0.25, 0.3) is 22.3 Å². The monoisotopic (exact) mass is 689 g/mol. The summed E-state index contributed by atoms with van der Waals surface area (Å²) in [6.07, 6.45) is 5.31. The number of morpholine rings is 1. The first-order chi connectivity index (χ1) is 23.6. The van der Waals surface area contributed by atoms with Gasteiger partial charge in [-0.3, -0.25) is 19.2 Å². The van der Waals surface area contributed by atoms with E-state index in [2.05, 4.69) is 49.6 Å². The van der Waals surface area contributed by atoms with Crippen LogP contribution < -0.4 is 21.1 Å². The second-order valence-corrected chi connectivity index (χ2v) is 15.3. The molecule has 2 aliphatic heterocycles. The van der Waals surface area contributed by atoms with Gasteiger partial charge in [0.1, 0.15) is 5.65 Å². The van der Waals surface area contributed by atoms with Gasteiger partial charge in [-0.1, -0.05) is 0 Å². The Kier molecular flexibility index (Phi) is 10.9. The van der Waals surface area contributed by atoms with Crippen LogP contribution >= 0.6 is 0 Å². The Hall–Kier alpha value is -3.95. The first-order valence-electron chi connectivity index (χ1n) is 16.9. The van der Waals surface area contributed by atoms with Crippen molar-refractivity contribution in [3.63, 3.8) is 0 Å². The van der Waals surface area contributed by atoms with Crippen molar-refractivity contribution in [2.75, 3.05) is 89.6 Å². The molecule has 0 bridgehead atoms. The van der Waals surface area contributed by atoms with Crippen molar-refractivity contribution in [2.24, 2.45) is 0 Å². The highest BCUT2D eigenvalue weighted by molar-refractivity contribution is 7.91. The summed E-state index contributed by atoms with van der Waals surface area (Å²) in [5.41, 5.74) is 3.70. The van der Waals surface area contributed by atoms with Crippen LogP contribution in [0, 0.1) is 6.92 Å². The summed E-state index contributed by atoms with van der Waals surface area (Å²) in [6, 6.07) is 12.1. The lowest BCUT2D eigenvalue weighted by molar-refractivity contribution is 0.0364. The summed E-state index contributed by atoms with van der Waals surface area (Å²) in [7, 11) is 2.29. The van der Waals surface area contributed by atoms with Gasteiger partial charge < -0.3 is 25.2 Å². The van der Waals surface area contributed by atoms with Gasteiger partial charge in [0.05, 0.1) is 35.1 Å². The molecule has 49 heavy (non-hydrogen) atoms. The van der Waals surface area contributed by atoms with Crippen molar-refractivity contribution in [1.82, 2.24) is 34.6 Å². The predicted octanol–water partition coefficient (Wildman–Crippen LogP) is 2.76. The number of pyridine rings is 2. The first-order valence-corrected chi connectivity index (χ1v) is 18.6. The van der Waals surface area contributed by atoms with Gasteiger partial charge in [-0.2, -0.15) is 4.98 Å². The number of sulfone groups is 1. The smallest absolute Gasteiger partial charge is 0.261 e. The van der Waals surface area contributed by atoms with Crippen LogP contribution in [-0.2, 0) is 21.1 Å². The van der Waals surface area contributed by atoms with Crippen molar-refractivity contribution in [2.45, 2.75) is 37.2 Å². The molecule has 14 heteroatoms. The summed E-state index contributed by atoms with van der Waals surface area (Å²) >= 11 is 0. The number of hydrogen-bond donors (Lipinski definition) is 2. The third kappa shape index (κ3) is 8.27. The third-order valence-corrected chi connectivity index (χ3v) is 11.1. The minimum atomic E-state index is -3.53. The molecule has 6 rings (SSSR count). The molecule has 2 N–H and O–H groups in total. The topological polar surface area (TPSA) is 138 Å². The standard InChI is InChI=1S/C35H47N9O4S/c1-25-21-30(49(46,47)20-17-41(2)3)24-37-32(25)31-22-26-23-38-35(40-33(26)44(34(31)45)14-13-43-15-18-48-19-16-43)39-27-5-7-28(8-6-27)42(4)29-9-11-36-12-10-29/h5-8,21-24,29,36H,9-20H2,1-4H3,(H,38,39,40). The van der Waals surface area contributed by atoms with E-state index in [0.29, 0.717) is 72.7 Å². The molecule has 1 aromatic carbocycles. The quantitative estimate of drug-likeness (QED) is 0.226. The van der Waals surface area contributed by atoms with Crippen molar-refractivity contribution < 1.29 is 13.2 Å². The van der Waals surface area contributed by atoms with Gasteiger partial charge in [0, 0.05) is 75.0 Å². The van der Waals surface area contributed by atoms with E-state index in [4.69, 9.17) is 9.72 Å². The molecule has 4 aromatic rings. The third-order valence-electron chi connectivity index (χ3n) is 9.43. The second kappa shape index (κ2) is 15.3. The maximum atomic E-state index is 14.2. The Labute approximate surface area is 288 Å². The molecule has 0 atom stereocenters. The van der Waals surface area contributed by atoms with Crippen molar-refractivity contribution in [1.29, 1.82) is 0 Å². The van der Waals surface area contributed by atoms with Gasteiger partial charge in [-0.15, -0.1) is 0 Å². The summed E-state index contributed by atoms with van der Waals surface area (Å²) in [5, 5.41) is 7.43. The number of fused-ring (bicyclic) bond motifs is 1. The SMILES string of the molecule is Cc1cc(S(=O)(=O)CCN(C)C)cnc1-c1cc2cnc(Nc3ccc(N(C)C4CCNCC4)cc3)nc2n(CCN2CCOCC2)c1=O. The van der Waals surface area contributed by atoms with Gasteiger partial charge >= 0.3 is 0 Å². The van der Waals surface area contributed by atoms with Crippen LogP contribution in [0.1, 0.15) is 18.4 Å². The Morgan fingerprint density at radius 3 is 2.43 bits per heavy atom. The second-order valence-electron chi connectivity index (χ2n) is 13.2. The highest BCUT2D eigenvalue weighted by Gasteiger charge is 2.22. The zero-order valence-electron chi connectivity index (χ0n) is 28.9. The molecule has 0 amide bonds. The Bertz CT molecular complexity index is 1920. The van der Waals surface area contributed by atoms with E-state index in [9.17, 15) is 13.2 Å². The number of aromatic nitrogens is 4. The molecule has 0 aliphatic carbocycles. The summed E-state index contributed by atoms with van der Waals surface area (Å²) < 4.78 is 33.1. The summed E-state index contributed by atoms with van der Waals surface area (Å²) in [4.78, 5) is 34.8. The molecule has 0 unspecified atom stereocenters. The average Bonchev–Trinajstić information content (AvgIpc) is 3.11. The highest BCUT2D eigenvalue weighted by atomic mass is 32.2. The fourth-order valence-electron chi connectivity index (χ4n) is 6.40. The normalized spacial score (nSPS) is 16.3. The fourth-order valence-corrected chi connectivity index (χ4v) is 7.81. The van der Waals surface area contributed by atoms with Crippen LogP contribution in [0.2, 0.25) is 0 Å². The predicted molar refractivity (Wildman–Crippen MR) is 194 cm³/mol. The minimum Gasteiger partial charge on any atom is -0.379 e. The summed E-state index contributed by atoms with van der Waals surface area (Å²) in [6.45, 7) is 8.23. The van der Waals surface area contributed by atoms with E-state index in [1.807, 2.05) is 31.1 Å². The lowest BCUT2D eigenvalue weighted by Gasteiger charge is -2.33. The van der Waals surface area contributed by atoms with Crippen molar-refractivity contribution >= 4 is 38.2 Å². The van der Waals surface area contributed by atoms with Crippen LogP contribution in [0.15, 0.2) is 58.5 Å². The molecule has 0 spiro atoms. The Morgan fingerprint density at radius 2 is 1.73 bits per heavy atom. The van der Waals surface area contributed by atoms with Gasteiger partial charge in [-0.25, -0.2) is 13.4 Å². The number of nitrogens with zero attached hydrogens (tertiary/aromatic N) is 7. The largest absolute Gasteiger partial charge is 0.379 e. The fraction of sp³-hybridized carbons (Fsp3) is 0.486. The van der Waals surface area contributed by atoms with Crippen LogP contribution in [0.5, 0.6) is 0 Å². The molecular weight excluding hydrogens is 643 g/mol. The van der Waals surface area contributed by atoms with Crippen molar-refractivity contribution in [3.8, 4) is 11.3 Å². The van der Waals surface area contributed by atoms with E-state index in [0.717, 1.165) is 50.4 Å². The van der Waals surface area contributed by atoms with Gasteiger partial charge in [0.15, 0.2) is 9.84 Å². The zero-order chi connectivity index (χ0) is 34.5. The minimum absolute atomic E-state index is 0.0158. The first kappa shape index (κ1) is 34.9. The highest BCUT2D eigenvalue weighted by Crippen LogP contribution is 2.26. The number of nitrogens with one attached hydrogen (secondary N) is 2. The van der Waals surface area contributed by atoms with Gasteiger partial charge in [-0.05, 0) is 88.9 Å². The van der Waals surface area contributed by atoms with Crippen molar-refractivity contribution in [3.05, 3.63) is 64.7 Å². The van der Waals surface area contributed by atoms with E-state index in [1.165, 1.54) is 6.20 Å². The molecule has 262 valence electrons. The molecule has 3 aromatic heterocycles. The van der Waals surface area contributed by atoms with Gasteiger partial charge in [0.2, 0.25) is 5.95 Å². The number of rotatable bonds is 12. The lowest BCUT2D eigenvalue weighted by atomic mass is 10.0. The molecule has 2 saturated heterocycles. The van der Waals surface area contributed by atoms with E-state index < -0.39 is 9.84 Å². The lowest BCUT2D eigenvalue weighted by Crippen LogP contribution is -2.41. The zero-order valence-corrected chi connectivity index (χ0v) is 29.7. The molecule has 2 aliphatic rings. The molecule has 13 nitrogen and oxygen atoms in total. The van der Waals surface area contributed by atoms with E-state index in [1.54, 1.807) is 29.8 Å². The van der Waals surface area contributed by atoms with Crippen LogP contribution in [0.3, 0.4) is 0 Å². The Morgan fingerprint density at radius 1 is 1.00 bits per heavy atom.